The molecule has 0 heterocycles. The lowest BCUT2D eigenvalue weighted by molar-refractivity contribution is 0.710. The van der Waals surface area contributed by atoms with Gasteiger partial charge in [0.15, 0.2) is 0 Å². The summed E-state index contributed by atoms with van der Waals surface area (Å²) in [5.41, 5.74) is 12.0. The van der Waals surface area contributed by atoms with E-state index in [1.807, 2.05) is 30.3 Å². The molecule has 0 bridgehead atoms. The van der Waals surface area contributed by atoms with Crippen LogP contribution in [0, 0.1) is 23.7 Å². The average molecular weight is 560 g/mol. The first-order valence-corrected chi connectivity index (χ1v) is 12.5. The van der Waals surface area contributed by atoms with Gasteiger partial charge < -0.3 is 11.1 Å². The van der Waals surface area contributed by atoms with Crippen LogP contribution in [-0.4, -0.2) is 19.1 Å². The fraction of sp³-hybridized carbons (Fsp3) is 0.172. The first-order chi connectivity index (χ1) is 16.1. The van der Waals surface area contributed by atoms with Gasteiger partial charge in [0.25, 0.3) is 0 Å². The van der Waals surface area contributed by atoms with E-state index < -0.39 is 0 Å². The van der Waals surface area contributed by atoms with Crippen LogP contribution in [0.5, 0.6) is 0 Å². The molecule has 3 aromatic carbocycles. The number of nitrogens with one attached hydrogen (secondary N) is 1. The maximum Gasteiger partial charge on any atom is 0.0437 e. The van der Waals surface area contributed by atoms with Crippen LogP contribution in [0.4, 0.5) is 0 Å². The fourth-order valence-electron chi connectivity index (χ4n) is 3.44. The Morgan fingerprint density at radius 3 is 1.79 bits per heavy atom. The quantitative estimate of drug-likeness (QED) is 0.305. The Kier molecular flexibility index (Phi) is 8.21. The van der Waals surface area contributed by atoms with Crippen LogP contribution in [0.15, 0.2) is 81.8 Å². The van der Waals surface area contributed by atoms with Gasteiger partial charge in [-0.15, -0.1) is 0 Å². The minimum Gasteiger partial charge on any atom is -0.330 e. The molecule has 0 saturated heterocycles. The Labute approximate surface area is 212 Å². The zero-order valence-corrected chi connectivity index (χ0v) is 21.3. The molecule has 0 radical (unpaired) electrons. The van der Waals surface area contributed by atoms with Crippen LogP contribution < -0.4 is 11.1 Å². The van der Waals surface area contributed by atoms with Crippen LogP contribution in [0.1, 0.15) is 33.4 Å². The summed E-state index contributed by atoms with van der Waals surface area (Å²) in [6.45, 7) is 1.58. The van der Waals surface area contributed by atoms with E-state index in [2.05, 4.69) is 103 Å². The number of hydrogen-bond donors (Lipinski definition) is 2. The van der Waals surface area contributed by atoms with Gasteiger partial charge >= 0.3 is 0 Å². The Balaban J connectivity index is 1.48. The molecule has 1 aliphatic rings. The third kappa shape index (κ3) is 7.74. The minimum absolute atomic E-state index is 0.489. The van der Waals surface area contributed by atoms with E-state index in [1.165, 1.54) is 11.1 Å². The Bertz CT molecular complexity index is 1300. The molecule has 0 spiro atoms. The highest BCUT2D eigenvalue weighted by atomic mass is 79.9. The lowest BCUT2D eigenvalue weighted by Crippen LogP contribution is -2.20. The van der Waals surface area contributed by atoms with Crippen LogP contribution in [0.3, 0.4) is 0 Å². The van der Waals surface area contributed by atoms with Gasteiger partial charge in [0.05, 0.1) is 0 Å². The molecule has 0 unspecified atom stereocenters. The molecule has 1 aliphatic carbocycles. The van der Waals surface area contributed by atoms with Crippen molar-refractivity contribution in [3.8, 4) is 23.7 Å². The summed E-state index contributed by atoms with van der Waals surface area (Å²) < 4.78 is 2.07. The van der Waals surface area contributed by atoms with E-state index in [9.17, 15) is 0 Å². The molecule has 0 aromatic heterocycles. The van der Waals surface area contributed by atoms with E-state index >= 15 is 0 Å². The van der Waals surface area contributed by atoms with E-state index in [4.69, 9.17) is 5.73 Å². The molecule has 33 heavy (non-hydrogen) atoms. The Morgan fingerprint density at radius 2 is 1.24 bits per heavy atom. The van der Waals surface area contributed by atoms with Crippen molar-refractivity contribution >= 4 is 31.9 Å². The highest BCUT2D eigenvalue weighted by Gasteiger charge is 2.08. The monoisotopic (exact) mass is 558 g/mol. The SMILES string of the molecule is NCCc1cc(Br)cc(C#Cc2cccc(C#Cc3cc(Br)cc(CCNC4C=C4)c3)c2)c1. The number of nitrogens with two attached hydrogens (primary N) is 1. The highest BCUT2D eigenvalue weighted by molar-refractivity contribution is 9.10. The van der Waals surface area contributed by atoms with Gasteiger partial charge in [-0.25, -0.2) is 0 Å². The summed E-state index contributed by atoms with van der Waals surface area (Å²) >= 11 is 7.18. The largest absolute Gasteiger partial charge is 0.330 e. The molecule has 2 nitrogen and oxygen atoms in total. The van der Waals surface area contributed by atoms with Gasteiger partial charge in [-0.1, -0.05) is 73.8 Å². The van der Waals surface area contributed by atoms with Gasteiger partial charge in [0.1, 0.15) is 0 Å². The molecule has 0 amide bonds. The predicted molar refractivity (Wildman–Crippen MR) is 144 cm³/mol. The standard InChI is InChI=1S/C29H24Br2N2/c30-27-17-23(15-25(19-27)10-12-32)6-4-21-2-1-3-22(14-21)5-7-24-16-26(20-28(31)18-24)11-13-33-29-8-9-29/h1-3,8-9,14-20,29,33H,10-13,32H2. The van der Waals surface area contributed by atoms with Crippen LogP contribution >= 0.6 is 31.9 Å². The molecule has 0 atom stereocenters. The lowest BCUT2D eigenvalue weighted by Gasteiger charge is -2.05. The van der Waals surface area contributed by atoms with Gasteiger partial charge in [-0.2, -0.15) is 0 Å². The van der Waals surface area contributed by atoms with Gasteiger partial charge in [-0.05, 0) is 85.1 Å². The summed E-state index contributed by atoms with van der Waals surface area (Å²) in [6.07, 6.45) is 6.13. The van der Waals surface area contributed by atoms with Gasteiger partial charge in [0.2, 0.25) is 0 Å². The molecule has 0 fully saturated rings. The van der Waals surface area contributed by atoms with Crippen LogP contribution in [-0.2, 0) is 12.8 Å². The minimum atomic E-state index is 0.489. The van der Waals surface area contributed by atoms with Crippen molar-refractivity contribution in [1.82, 2.24) is 5.32 Å². The third-order valence-electron chi connectivity index (χ3n) is 5.09. The summed E-state index contributed by atoms with van der Waals surface area (Å²) in [5.74, 6) is 13.1. The topological polar surface area (TPSA) is 38.0 Å². The Morgan fingerprint density at radius 1 is 0.697 bits per heavy atom. The molecule has 164 valence electrons. The molecule has 4 rings (SSSR count). The van der Waals surface area contributed by atoms with Crippen molar-refractivity contribution in [2.75, 3.05) is 13.1 Å². The third-order valence-corrected chi connectivity index (χ3v) is 6.01. The second kappa shape index (κ2) is 11.5. The van der Waals surface area contributed by atoms with Crippen LogP contribution in [0.2, 0.25) is 0 Å². The number of rotatable bonds is 6. The van der Waals surface area contributed by atoms with Gasteiger partial charge in [-0.3, -0.25) is 0 Å². The predicted octanol–water partition coefficient (Wildman–Crippen LogP) is 5.58. The lowest BCUT2D eigenvalue weighted by atomic mass is 10.1. The molecule has 4 heteroatoms. The van der Waals surface area contributed by atoms with E-state index in [-0.39, 0.29) is 0 Å². The first kappa shape index (κ1) is 23.6. The highest BCUT2D eigenvalue weighted by Crippen LogP contribution is 2.17. The zero-order valence-electron chi connectivity index (χ0n) is 18.2. The summed E-state index contributed by atoms with van der Waals surface area (Å²) in [6, 6.07) is 21.1. The second-order valence-electron chi connectivity index (χ2n) is 7.93. The molecule has 3 aromatic rings. The summed E-state index contributed by atoms with van der Waals surface area (Å²) in [7, 11) is 0. The maximum atomic E-state index is 5.69. The second-order valence-corrected chi connectivity index (χ2v) is 9.76. The number of halogens is 2. The molecule has 3 N–H and O–H groups in total. The van der Waals surface area contributed by atoms with Crippen molar-refractivity contribution in [3.63, 3.8) is 0 Å². The van der Waals surface area contributed by atoms with Crippen molar-refractivity contribution in [2.24, 2.45) is 5.73 Å². The van der Waals surface area contributed by atoms with E-state index in [0.29, 0.717) is 12.6 Å². The van der Waals surface area contributed by atoms with Crippen molar-refractivity contribution in [1.29, 1.82) is 0 Å². The molecule has 0 saturated carbocycles. The molecular weight excluding hydrogens is 536 g/mol. The summed E-state index contributed by atoms with van der Waals surface area (Å²) in [4.78, 5) is 0. The van der Waals surface area contributed by atoms with Gasteiger partial charge in [0, 0.05) is 43.8 Å². The van der Waals surface area contributed by atoms with Crippen molar-refractivity contribution in [2.45, 2.75) is 18.9 Å². The molecule has 0 aliphatic heterocycles. The first-order valence-electron chi connectivity index (χ1n) is 10.9. The normalized spacial score (nSPS) is 12.0. The Hall–Kier alpha value is -2.60. The van der Waals surface area contributed by atoms with Crippen molar-refractivity contribution < 1.29 is 0 Å². The fourth-order valence-corrected chi connectivity index (χ4v) is 4.52. The molecular formula is C29H24Br2N2. The van der Waals surface area contributed by atoms with E-state index in [1.54, 1.807) is 0 Å². The maximum absolute atomic E-state index is 5.69. The zero-order chi connectivity index (χ0) is 23.0. The van der Waals surface area contributed by atoms with Crippen LogP contribution in [0.25, 0.3) is 0 Å². The average Bonchev–Trinajstić information content (AvgIpc) is 3.61. The number of benzene rings is 3. The summed E-state index contributed by atoms with van der Waals surface area (Å²) in [5, 5.41) is 3.46. The van der Waals surface area contributed by atoms with Crippen molar-refractivity contribution in [3.05, 3.63) is 115 Å². The smallest absolute Gasteiger partial charge is 0.0437 e. The number of hydrogen-bond acceptors (Lipinski definition) is 2. The van der Waals surface area contributed by atoms with E-state index in [0.717, 1.165) is 50.6 Å².